The predicted molar refractivity (Wildman–Crippen MR) is 169 cm³/mol. The van der Waals surface area contributed by atoms with Crippen molar-refractivity contribution in [3.05, 3.63) is 148 Å². The Bertz CT molecular complexity index is 1910. The van der Waals surface area contributed by atoms with Crippen LogP contribution in [0.4, 0.5) is 5.69 Å². The maximum absolute atomic E-state index is 13.8. The maximum atomic E-state index is 13.8. The summed E-state index contributed by atoms with van der Waals surface area (Å²) in [4.78, 5) is 39.5. The summed E-state index contributed by atoms with van der Waals surface area (Å²) in [6.45, 7) is -0.0125. The molecule has 0 saturated carbocycles. The number of nitrogens with one attached hydrogen (secondary N) is 1. The predicted octanol–water partition coefficient (Wildman–Crippen LogP) is 6.61. The molecule has 0 bridgehead atoms. The molecule has 0 spiro atoms. The lowest BCUT2D eigenvalue weighted by molar-refractivity contribution is 0.0447. The number of hydrogen-bond donors (Lipinski definition) is 3. The molecule has 222 valence electrons. The number of rotatable bonds is 8. The number of carbonyl (C=O) groups excluding carboxylic acids is 2. The average molecular weight is 597 g/mol. The van der Waals surface area contributed by atoms with Gasteiger partial charge in [-0.1, -0.05) is 97.1 Å². The molecule has 0 saturated heterocycles. The molecule has 2 aliphatic rings. The summed E-state index contributed by atoms with van der Waals surface area (Å²) < 4.78 is 11.7. The first kappa shape index (κ1) is 28.1. The summed E-state index contributed by atoms with van der Waals surface area (Å²) in [5.41, 5.74) is 9.73. The molecule has 8 nitrogen and oxygen atoms in total. The Morgan fingerprint density at radius 1 is 0.578 bits per heavy atom. The number of esters is 2. The quantitative estimate of drug-likeness (QED) is 0.104. The monoisotopic (exact) mass is 596 g/mol. The fourth-order valence-electron chi connectivity index (χ4n) is 6.66. The van der Waals surface area contributed by atoms with Crippen molar-refractivity contribution in [2.24, 2.45) is 5.84 Å². The van der Waals surface area contributed by atoms with Crippen LogP contribution in [-0.2, 0) is 9.47 Å². The van der Waals surface area contributed by atoms with E-state index in [1.54, 1.807) is 0 Å². The largest absolute Gasteiger partial charge is 0.478 e. The Kier molecular flexibility index (Phi) is 7.11. The van der Waals surface area contributed by atoms with Crippen LogP contribution >= 0.6 is 0 Å². The minimum atomic E-state index is -1.32. The van der Waals surface area contributed by atoms with Crippen molar-refractivity contribution in [1.29, 1.82) is 0 Å². The average Bonchev–Trinajstić information content (AvgIpc) is 3.57. The second kappa shape index (κ2) is 11.4. The summed E-state index contributed by atoms with van der Waals surface area (Å²) >= 11 is 0. The van der Waals surface area contributed by atoms with Gasteiger partial charge in [-0.05, 0) is 56.6 Å². The zero-order chi connectivity index (χ0) is 31.1. The number of nitrogen functional groups attached to an aromatic ring is 1. The number of carboxylic acid groups (broad SMARTS) is 1. The van der Waals surface area contributed by atoms with Gasteiger partial charge in [-0.3, -0.25) is 5.84 Å². The van der Waals surface area contributed by atoms with Crippen LogP contribution in [0.5, 0.6) is 0 Å². The zero-order valence-electron chi connectivity index (χ0n) is 24.0. The summed E-state index contributed by atoms with van der Waals surface area (Å²) in [5.74, 6) is 2.29. The molecule has 0 heterocycles. The molecule has 5 aromatic rings. The lowest BCUT2D eigenvalue weighted by Crippen LogP contribution is -2.23. The normalized spacial score (nSPS) is 12.9. The number of ether oxygens (including phenoxy) is 2. The van der Waals surface area contributed by atoms with E-state index in [0.29, 0.717) is 0 Å². The van der Waals surface area contributed by atoms with Crippen LogP contribution in [0.2, 0.25) is 0 Å². The SMILES string of the molecule is NNc1c(C(=O)O)ccc(C(=O)OCC2c3ccccc3-c3ccccc32)c1C(=O)OCC1c2ccccc2-c2ccccc21. The molecular formula is C37H28N2O6. The van der Waals surface area contributed by atoms with Gasteiger partial charge >= 0.3 is 17.9 Å². The molecule has 0 aromatic heterocycles. The van der Waals surface area contributed by atoms with Crippen LogP contribution in [-0.4, -0.2) is 36.2 Å². The minimum Gasteiger partial charge on any atom is -0.478 e. The van der Waals surface area contributed by atoms with Crippen LogP contribution in [0.25, 0.3) is 22.3 Å². The van der Waals surface area contributed by atoms with Crippen molar-refractivity contribution in [3.8, 4) is 22.3 Å². The number of benzene rings is 5. The Morgan fingerprint density at radius 2 is 0.956 bits per heavy atom. The lowest BCUT2D eigenvalue weighted by Gasteiger charge is -2.19. The fraction of sp³-hybridized carbons (Fsp3) is 0.108. The van der Waals surface area contributed by atoms with Crippen molar-refractivity contribution >= 4 is 23.6 Å². The van der Waals surface area contributed by atoms with Crippen LogP contribution in [0.15, 0.2) is 109 Å². The van der Waals surface area contributed by atoms with Gasteiger partial charge in [0, 0.05) is 11.8 Å². The van der Waals surface area contributed by atoms with E-state index in [1.165, 1.54) is 12.1 Å². The molecular weight excluding hydrogens is 568 g/mol. The number of anilines is 1. The summed E-state index contributed by atoms with van der Waals surface area (Å²) in [5, 5.41) is 9.82. The zero-order valence-corrected chi connectivity index (χ0v) is 24.0. The van der Waals surface area contributed by atoms with E-state index in [9.17, 15) is 19.5 Å². The molecule has 0 unspecified atom stereocenters. The van der Waals surface area contributed by atoms with Crippen LogP contribution in [0, 0.1) is 0 Å². The molecule has 4 N–H and O–H groups in total. The van der Waals surface area contributed by atoms with Crippen molar-refractivity contribution in [2.45, 2.75) is 11.8 Å². The summed E-state index contributed by atoms with van der Waals surface area (Å²) in [6, 6.07) is 34.2. The number of hydrogen-bond acceptors (Lipinski definition) is 7. The van der Waals surface area contributed by atoms with Crippen molar-refractivity contribution in [3.63, 3.8) is 0 Å². The molecule has 45 heavy (non-hydrogen) atoms. The van der Waals surface area contributed by atoms with Gasteiger partial charge in [0.15, 0.2) is 0 Å². The molecule has 0 aliphatic heterocycles. The summed E-state index contributed by atoms with van der Waals surface area (Å²) in [6.07, 6.45) is 0. The number of nitrogens with two attached hydrogens (primary N) is 1. The first-order valence-electron chi connectivity index (χ1n) is 14.6. The second-order valence-electron chi connectivity index (χ2n) is 11.0. The maximum Gasteiger partial charge on any atom is 0.341 e. The Morgan fingerprint density at radius 3 is 1.36 bits per heavy atom. The highest BCUT2D eigenvalue weighted by Crippen LogP contribution is 2.46. The van der Waals surface area contributed by atoms with Crippen molar-refractivity contribution in [2.75, 3.05) is 18.6 Å². The number of hydrazine groups is 1. The smallest absolute Gasteiger partial charge is 0.341 e. The first-order chi connectivity index (χ1) is 22.0. The van der Waals surface area contributed by atoms with Gasteiger partial charge in [0.2, 0.25) is 0 Å². The van der Waals surface area contributed by atoms with Gasteiger partial charge in [0.05, 0.1) is 22.4 Å². The molecule has 0 atom stereocenters. The lowest BCUT2D eigenvalue weighted by atomic mass is 9.97. The molecule has 5 aromatic carbocycles. The van der Waals surface area contributed by atoms with Gasteiger partial charge in [0.25, 0.3) is 0 Å². The molecule has 0 amide bonds. The fourth-order valence-corrected chi connectivity index (χ4v) is 6.66. The van der Waals surface area contributed by atoms with Gasteiger partial charge in [-0.15, -0.1) is 0 Å². The minimum absolute atomic E-state index is 0.0169. The number of carbonyl (C=O) groups is 3. The van der Waals surface area contributed by atoms with E-state index in [1.807, 2.05) is 97.1 Å². The highest BCUT2D eigenvalue weighted by Gasteiger charge is 2.33. The van der Waals surface area contributed by atoms with Crippen LogP contribution in [0.3, 0.4) is 0 Å². The Labute approximate surface area is 259 Å². The van der Waals surface area contributed by atoms with E-state index in [4.69, 9.17) is 15.3 Å². The van der Waals surface area contributed by atoms with E-state index in [-0.39, 0.29) is 47.4 Å². The number of carboxylic acids is 1. The van der Waals surface area contributed by atoms with Crippen molar-refractivity contribution in [1.82, 2.24) is 0 Å². The molecule has 8 heteroatoms. The van der Waals surface area contributed by atoms with E-state index in [2.05, 4.69) is 5.43 Å². The summed E-state index contributed by atoms with van der Waals surface area (Å²) in [7, 11) is 0. The molecule has 7 rings (SSSR count). The number of aromatic carboxylic acids is 1. The van der Waals surface area contributed by atoms with Gasteiger partial charge < -0.3 is 20.0 Å². The third-order valence-corrected chi connectivity index (χ3v) is 8.69. The van der Waals surface area contributed by atoms with Crippen molar-refractivity contribution < 1.29 is 29.0 Å². The van der Waals surface area contributed by atoms with Gasteiger partial charge in [0.1, 0.15) is 13.2 Å². The van der Waals surface area contributed by atoms with E-state index < -0.39 is 17.9 Å². The topological polar surface area (TPSA) is 128 Å². The van der Waals surface area contributed by atoms with Gasteiger partial charge in [-0.25, -0.2) is 14.4 Å². The Hall–Kier alpha value is -5.73. The highest BCUT2D eigenvalue weighted by atomic mass is 16.5. The number of fused-ring (bicyclic) bond motifs is 6. The molecule has 0 fully saturated rings. The molecule has 0 radical (unpaired) electrons. The molecule has 2 aliphatic carbocycles. The highest BCUT2D eigenvalue weighted by molar-refractivity contribution is 6.11. The Balaban J connectivity index is 1.18. The van der Waals surface area contributed by atoms with Crippen LogP contribution < -0.4 is 11.3 Å². The first-order valence-corrected chi connectivity index (χ1v) is 14.6. The van der Waals surface area contributed by atoms with E-state index in [0.717, 1.165) is 44.5 Å². The van der Waals surface area contributed by atoms with Crippen LogP contribution in [0.1, 0.15) is 65.2 Å². The standard InChI is InChI=1S/C37H28N2O6/c38-39-34-30(35(40)41)18-17-29(36(42)44-19-31-25-13-5-1-9-21(25)22-10-2-6-14-26(22)31)33(34)37(43)45-20-32-27-15-7-3-11-23(27)24-12-4-8-16-28(24)32/h1-18,31-32,39H,19-20,38H2,(H,40,41). The third-order valence-electron chi connectivity index (χ3n) is 8.69. The van der Waals surface area contributed by atoms with E-state index >= 15 is 0 Å². The second-order valence-corrected chi connectivity index (χ2v) is 11.0. The van der Waals surface area contributed by atoms with Gasteiger partial charge in [-0.2, -0.15) is 0 Å². The third kappa shape index (κ3) is 4.72.